The first kappa shape index (κ1) is 28.6. The number of nitrogens with zero attached hydrogens (tertiary/aromatic N) is 2. The third-order valence-corrected chi connectivity index (χ3v) is 6.98. The van der Waals surface area contributed by atoms with Crippen LogP contribution in [0.2, 0.25) is 0 Å². The highest BCUT2D eigenvalue weighted by molar-refractivity contribution is 5.86. The van der Waals surface area contributed by atoms with E-state index in [9.17, 15) is 4.79 Å². The Morgan fingerprint density at radius 3 is 1.84 bits per heavy atom. The summed E-state index contributed by atoms with van der Waals surface area (Å²) in [7, 11) is 0. The van der Waals surface area contributed by atoms with E-state index in [-0.39, 0.29) is 5.97 Å². The number of benzene rings is 2. The average molecular weight is 505 g/mol. The maximum absolute atomic E-state index is 11.3. The zero-order valence-corrected chi connectivity index (χ0v) is 22.6. The molecule has 1 saturated carbocycles. The fourth-order valence-corrected chi connectivity index (χ4v) is 4.72. The predicted octanol–water partition coefficient (Wildman–Crippen LogP) is 9.77. The first-order chi connectivity index (χ1) is 18.1. The van der Waals surface area contributed by atoms with Crippen molar-refractivity contribution in [2.75, 3.05) is 13.2 Å². The molecule has 2 aromatic rings. The van der Waals surface area contributed by atoms with Gasteiger partial charge in [-0.2, -0.15) is 10.2 Å². The normalized spacial score (nSPS) is 14.1. The molecule has 0 atom stereocenters. The van der Waals surface area contributed by atoms with Crippen LogP contribution in [0, 0.1) is 0 Å². The molecule has 1 aliphatic rings. The summed E-state index contributed by atoms with van der Waals surface area (Å²) in [5.74, 6) is 1.31. The molecule has 1 fully saturated rings. The molecule has 200 valence electrons. The molecule has 5 heteroatoms. The van der Waals surface area contributed by atoms with Crippen LogP contribution in [0.4, 0.5) is 11.4 Å². The van der Waals surface area contributed by atoms with Crippen LogP contribution in [0.5, 0.6) is 5.75 Å². The summed E-state index contributed by atoms with van der Waals surface area (Å²) in [6, 6.07) is 16.4. The molecule has 2 aromatic carbocycles. The van der Waals surface area contributed by atoms with E-state index >= 15 is 0 Å². The SMILES string of the molecule is C=C(C)C(=O)OCCCCCCCCCCOc1ccc(N=Nc2ccc(C3CCCCC3)cc2)cc1. The highest BCUT2D eigenvalue weighted by Gasteiger charge is 2.15. The smallest absolute Gasteiger partial charge is 0.333 e. The summed E-state index contributed by atoms with van der Waals surface area (Å²) in [6.45, 7) is 6.50. The van der Waals surface area contributed by atoms with E-state index in [4.69, 9.17) is 9.47 Å². The second-order valence-electron chi connectivity index (χ2n) is 10.2. The van der Waals surface area contributed by atoms with Gasteiger partial charge in [-0.15, -0.1) is 0 Å². The van der Waals surface area contributed by atoms with Gasteiger partial charge in [0.2, 0.25) is 0 Å². The minimum atomic E-state index is -0.283. The van der Waals surface area contributed by atoms with Gasteiger partial charge < -0.3 is 9.47 Å². The predicted molar refractivity (Wildman–Crippen MR) is 151 cm³/mol. The molecule has 37 heavy (non-hydrogen) atoms. The summed E-state index contributed by atoms with van der Waals surface area (Å²) in [6.07, 6.45) is 15.9. The van der Waals surface area contributed by atoms with Crippen LogP contribution in [0.3, 0.4) is 0 Å². The van der Waals surface area contributed by atoms with Crippen LogP contribution >= 0.6 is 0 Å². The lowest BCUT2D eigenvalue weighted by molar-refractivity contribution is -0.139. The summed E-state index contributed by atoms with van der Waals surface area (Å²) in [5.41, 5.74) is 3.63. The second kappa shape index (κ2) is 16.7. The number of esters is 1. The lowest BCUT2D eigenvalue weighted by atomic mass is 9.84. The zero-order valence-electron chi connectivity index (χ0n) is 22.6. The maximum atomic E-state index is 11.3. The largest absolute Gasteiger partial charge is 0.494 e. The number of ether oxygens (including phenoxy) is 2. The third kappa shape index (κ3) is 11.3. The van der Waals surface area contributed by atoms with Crippen molar-refractivity contribution in [3.63, 3.8) is 0 Å². The minimum absolute atomic E-state index is 0.283. The molecule has 1 aliphatic carbocycles. The Morgan fingerprint density at radius 2 is 1.27 bits per heavy atom. The highest BCUT2D eigenvalue weighted by atomic mass is 16.5. The van der Waals surface area contributed by atoms with Crippen molar-refractivity contribution in [2.24, 2.45) is 10.2 Å². The number of carbonyl (C=O) groups excluding carboxylic acids is 1. The van der Waals surface area contributed by atoms with Crippen LogP contribution in [0.15, 0.2) is 70.9 Å². The fourth-order valence-electron chi connectivity index (χ4n) is 4.72. The number of unbranched alkanes of at least 4 members (excludes halogenated alkanes) is 7. The number of hydrogen-bond acceptors (Lipinski definition) is 5. The standard InChI is InChI=1S/C32H44N2O3/c1-26(2)32(35)37-25-13-8-6-4-3-5-7-12-24-36-31-22-20-30(21-23-31)34-33-29-18-16-28(17-19-29)27-14-10-9-11-15-27/h16-23,27H,1,3-15,24-25H2,2H3. The Balaban J connectivity index is 1.21. The molecule has 0 N–H and O–H groups in total. The van der Waals surface area contributed by atoms with E-state index in [1.807, 2.05) is 24.3 Å². The average Bonchev–Trinajstić information content (AvgIpc) is 2.93. The van der Waals surface area contributed by atoms with Gasteiger partial charge in [0.1, 0.15) is 5.75 Å². The van der Waals surface area contributed by atoms with E-state index in [1.54, 1.807) is 6.92 Å². The second-order valence-corrected chi connectivity index (χ2v) is 10.2. The van der Waals surface area contributed by atoms with Gasteiger partial charge >= 0.3 is 5.97 Å². The Kier molecular flexibility index (Phi) is 12.9. The van der Waals surface area contributed by atoms with E-state index < -0.39 is 0 Å². The van der Waals surface area contributed by atoms with E-state index in [0.717, 1.165) is 48.9 Å². The Hall–Kier alpha value is -2.95. The quantitative estimate of drug-likeness (QED) is 0.0989. The lowest BCUT2D eigenvalue weighted by Gasteiger charge is -2.21. The highest BCUT2D eigenvalue weighted by Crippen LogP contribution is 2.33. The molecule has 0 amide bonds. The van der Waals surface area contributed by atoms with Crippen LogP contribution < -0.4 is 4.74 Å². The topological polar surface area (TPSA) is 60.2 Å². The molecule has 3 rings (SSSR count). The lowest BCUT2D eigenvalue weighted by Crippen LogP contribution is -2.05. The monoisotopic (exact) mass is 504 g/mol. The van der Waals surface area contributed by atoms with Crippen molar-refractivity contribution < 1.29 is 14.3 Å². The third-order valence-electron chi connectivity index (χ3n) is 6.98. The van der Waals surface area contributed by atoms with Crippen LogP contribution in [0.25, 0.3) is 0 Å². The van der Waals surface area contributed by atoms with Crippen molar-refractivity contribution in [3.8, 4) is 5.75 Å². The molecule has 0 bridgehead atoms. The van der Waals surface area contributed by atoms with E-state index in [1.165, 1.54) is 69.8 Å². The van der Waals surface area contributed by atoms with Crippen LogP contribution in [-0.4, -0.2) is 19.2 Å². The molecule has 5 nitrogen and oxygen atoms in total. The van der Waals surface area contributed by atoms with Gasteiger partial charge in [-0.3, -0.25) is 0 Å². The van der Waals surface area contributed by atoms with Crippen molar-refractivity contribution in [3.05, 3.63) is 66.2 Å². The number of rotatable bonds is 16. The van der Waals surface area contributed by atoms with Gasteiger partial charge in [-0.05, 0) is 80.5 Å². The Labute approximate surface area is 223 Å². The molecular weight excluding hydrogens is 460 g/mol. The molecule has 0 unspecified atom stereocenters. The summed E-state index contributed by atoms with van der Waals surface area (Å²) >= 11 is 0. The molecule has 0 spiro atoms. The van der Waals surface area contributed by atoms with Gasteiger partial charge in [-0.1, -0.05) is 76.5 Å². The molecule has 0 aliphatic heterocycles. The van der Waals surface area contributed by atoms with Gasteiger partial charge in [-0.25, -0.2) is 4.79 Å². The Morgan fingerprint density at radius 1 is 0.757 bits per heavy atom. The Bertz CT molecular complexity index is 961. The van der Waals surface area contributed by atoms with Gasteiger partial charge in [0, 0.05) is 5.57 Å². The molecule has 0 heterocycles. The number of azo groups is 1. The fraction of sp³-hybridized carbons (Fsp3) is 0.531. The summed E-state index contributed by atoms with van der Waals surface area (Å²) in [4.78, 5) is 11.3. The zero-order chi connectivity index (χ0) is 26.1. The van der Waals surface area contributed by atoms with E-state index in [0.29, 0.717) is 12.2 Å². The van der Waals surface area contributed by atoms with Crippen molar-refractivity contribution >= 4 is 17.3 Å². The first-order valence-corrected chi connectivity index (χ1v) is 14.2. The van der Waals surface area contributed by atoms with Gasteiger partial charge in [0.25, 0.3) is 0 Å². The first-order valence-electron chi connectivity index (χ1n) is 14.2. The van der Waals surface area contributed by atoms with Crippen molar-refractivity contribution in [1.82, 2.24) is 0 Å². The maximum Gasteiger partial charge on any atom is 0.333 e. The van der Waals surface area contributed by atoms with Crippen molar-refractivity contribution in [2.45, 2.75) is 96.3 Å². The molecule has 0 aromatic heterocycles. The van der Waals surface area contributed by atoms with Crippen molar-refractivity contribution in [1.29, 1.82) is 0 Å². The minimum Gasteiger partial charge on any atom is -0.494 e. The summed E-state index contributed by atoms with van der Waals surface area (Å²) < 4.78 is 11.0. The number of hydrogen-bond donors (Lipinski definition) is 0. The van der Waals surface area contributed by atoms with Crippen LogP contribution in [0.1, 0.15) is 102 Å². The molecule has 0 radical (unpaired) electrons. The van der Waals surface area contributed by atoms with Gasteiger partial charge in [0.05, 0.1) is 24.6 Å². The number of carbonyl (C=O) groups is 1. The molecule has 0 saturated heterocycles. The summed E-state index contributed by atoms with van der Waals surface area (Å²) in [5, 5.41) is 8.78. The van der Waals surface area contributed by atoms with Crippen LogP contribution in [-0.2, 0) is 9.53 Å². The van der Waals surface area contributed by atoms with E-state index in [2.05, 4.69) is 41.1 Å². The molecular formula is C32H44N2O3. The van der Waals surface area contributed by atoms with Gasteiger partial charge in [0.15, 0.2) is 0 Å².